The summed E-state index contributed by atoms with van der Waals surface area (Å²) in [6.07, 6.45) is 0. The lowest BCUT2D eigenvalue weighted by Gasteiger charge is -2.07. The largest absolute Gasteiger partial charge is 0.322 e. The molecule has 0 saturated heterocycles. The van der Waals surface area contributed by atoms with Crippen LogP contribution < -0.4 is 5.32 Å². The van der Waals surface area contributed by atoms with Gasteiger partial charge in [0.2, 0.25) is 0 Å². The molecule has 2 aromatic carbocycles. The van der Waals surface area contributed by atoms with Gasteiger partial charge in [0.25, 0.3) is 11.6 Å². The zero-order valence-corrected chi connectivity index (χ0v) is 12.3. The number of nitro benzene ring substituents is 1. The molecule has 0 heterocycles. The average Bonchev–Trinajstić information content (AvgIpc) is 2.47. The zero-order valence-electron chi connectivity index (χ0n) is 11.5. The fraction of sp³-hybridized carbons (Fsp3) is 0.0667. The standard InChI is InChI=1S/C15H11ClN2O4/c1-9(19)10-3-2-4-12(7-10)17-15(20)13-8-11(16)5-6-14(13)18(21)22/h2-8H,1H3,(H,17,20). The SMILES string of the molecule is CC(=O)c1cccc(NC(=O)c2cc(Cl)ccc2[N+](=O)[O-])c1. The molecule has 1 amide bonds. The first kappa shape index (κ1) is 15.7. The predicted octanol–water partition coefficient (Wildman–Crippen LogP) is 3.70. The van der Waals surface area contributed by atoms with Crippen molar-refractivity contribution in [1.82, 2.24) is 0 Å². The zero-order chi connectivity index (χ0) is 16.3. The van der Waals surface area contributed by atoms with E-state index in [1.165, 1.54) is 31.2 Å². The van der Waals surface area contributed by atoms with Gasteiger partial charge in [0, 0.05) is 22.3 Å². The number of amides is 1. The molecule has 112 valence electrons. The van der Waals surface area contributed by atoms with Crippen LogP contribution in [0, 0.1) is 10.1 Å². The molecule has 0 aromatic heterocycles. The Hall–Kier alpha value is -2.73. The van der Waals surface area contributed by atoms with Gasteiger partial charge < -0.3 is 5.32 Å². The summed E-state index contributed by atoms with van der Waals surface area (Å²) in [5, 5.41) is 13.7. The highest BCUT2D eigenvalue weighted by atomic mass is 35.5. The van der Waals surface area contributed by atoms with Crippen molar-refractivity contribution in [2.24, 2.45) is 0 Å². The molecule has 2 aromatic rings. The van der Waals surface area contributed by atoms with Gasteiger partial charge in [-0.15, -0.1) is 0 Å². The topological polar surface area (TPSA) is 89.3 Å². The minimum absolute atomic E-state index is 0.147. The smallest absolute Gasteiger partial charge is 0.282 e. The second-order valence-corrected chi connectivity index (χ2v) is 4.95. The van der Waals surface area contributed by atoms with Gasteiger partial charge in [-0.2, -0.15) is 0 Å². The molecule has 0 radical (unpaired) electrons. The molecule has 0 unspecified atom stereocenters. The van der Waals surface area contributed by atoms with Crippen LogP contribution in [0.3, 0.4) is 0 Å². The third-order valence-electron chi connectivity index (χ3n) is 2.93. The molecule has 0 spiro atoms. The molecule has 1 N–H and O–H groups in total. The van der Waals surface area contributed by atoms with Gasteiger partial charge in [0.15, 0.2) is 5.78 Å². The predicted molar refractivity (Wildman–Crippen MR) is 82.5 cm³/mol. The Kier molecular flexibility index (Phi) is 4.53. The maximum Gasteiger partial charge on any atom is 0.282 e. The number of benzene rings is 2. The van der Waals surface area contributed by atoms with E-state index in [9.17, 15) is 19.7 Å². The third-order valence-corrected chi connectivity index (χ3v) is 3.16. The molecule has 6 nitrogen and oxygen atoms in total. The van der Waals surface area contributed by atoms with Gasteiger partial charge >= 0.3 is 0 Å². The van der Waals surface area contributed by atoms with Crippen molar-refractivity contribution in [2.75, 3.05) is 5.32 Å². The van der Waals surface area contributed by atoms with Crippen molar-refractivity contribution in [1.29, 1.82) is 0 Å². The molecule has 0 bridgehead atoms. The maximum absolute atomic E-state index is 12.2. The quantitative estimate of drug-likeness (QED) is 0.528. The molecular weight excluding hydrogens is 308 g/mol. The number of Topliss-reactive ketones (excluding diaryl/α,β-unsaturated/α-hetero) is 1. The van der Waals surface area contributed by atoms with Gasteiger partial charge in [-0.05, 0) is 31.2 Å². The summed E-state index contributed by atoms with van der Waals surface area (Å²) in [4.78, 5) is 33.9. The van der Waals surface area contributed by atoms with E-state index in [4.69, 9.17) is 11.6 Å². The van der Waals surface area contributed by atoms with Crippen LogP contribution in [-0.4, -0.2) is 16.6 Å². The normalized spacial score (nSPS) is 10.1. The number of nitrogens with one attached hydrogen (secondary N) is 1. The Morgan fingerprint density at radius 3 is 2.55 bits per heavy atom. The molecule has 0 atom stereocenters. The Morgan fingerprint density at radius 1 is 1.18 bits per heavy atom. The highest BCUT2D eigenvalue weighted by Gasteiger charge is 2.20. The van der Waals surface area contributed by atoms with Crippen LogP contribution >= 0.6 is 11.6 Å². The minimum atomic E-state index is -0.671. The Balaban J connectivity index is 2.33. The number of carbonyl (C=O) groups excluding carboxylic acids is 2. The van der Waals surface area contributed by atoms with Crippen molar-refractivity contribution >= 4 is 34.7 Å². The lowest BCUT2D eigenvalue weighted by Crippen LogP contribution is -2.14. The monoisotopic (exact) mass is 318 g/mol. The summed E-state index contributed by atoms with van der Waals surface area (Å²) in [6.45, 7) is 1.41. The Morgan fingerprint density at radius 2 is 1.91 bits per heavy atom. The van der Waals surface area contributed by atoms with E-state index in [2.05, 4.69) is 5.32 Å². The molecule has 2 rings (SSSR count). The molecule has 0 aliphatic rings. The van der Waals surface area contributed by atoms with Gasteiger partial charge in [-0.3, -0.25) is 19.7 Å². The van der Waals surface area contributed by atoms with Crippen molar-refractivity contribution in [3.63, 3.8) is 0 Å². The van der Waals surface area contributed by atoms with Crippen molar-refractivity contribution in [2.45, 2.75) is 6.92 Å². The molecular formula is C15H11ClN2O4. The van der Waals surface area contributed by atoms with E-state index in [1.54, 1.807) is 18.2 Å². The number of anilines is 1. The molecule has 0 saturated carbocycles. The van der Waals surface area contributed by atoms with Crippen LogP contribution in [-0.2, 0) is 0 Å². The van der Waals surface area contributed by atoms with Crippen LogP contribution in [0.15, 0.2) is 42.5 Å². The lowest BCUT2D eigenvalue weighted by atomic mass is 10.1. The summed E-state index contributed by atoms with van der Waals surface area (Å²) in [6, 6.07) is 10.0. The van der Waals surface area contributed by atoms with Crippen molar-refractivity contribution in [3.05, 3.63) is 68.7 Å². The fourth-order valence-electron chi connectivity index (χ4n) is 1.86. The first-order chi connectivity index (χ1) is 10.4. The lowest BCUT2D eigenvalue weighted by molar-refractivity contribution is -0.385. The van der Waals surface area contributed by atoms with Crippen LogP contribution in [0.4, 0.5) is 11.4 Å². The Bertz CT molecular complexity index is 774. The van der Waals surface area contributed by atoms with E-state index in [1.807, 2.05) is 0 Å². The summed E-state index contributed by atoms with van der Waals surface area (Å²) in [5.41, 5.74) is 0.306. The number of nitro groups is 1. The van der Waals surface area contributed by atoms with Crippen LogP contribution in [0.5, 0.6) is 0 Å². The van der Waals surface area contributed by atoms with E-state index >= 15 is 0 Å². The van der Waals surface area contributed by atoms with Crippen LogP contribution in [0.25, 0.3) is 0 Å². The number of nitrogens with zero attached hydrogens (tertiary/aromatic N) is 1. The summed E-state index contributed by atoms with van der Waals surface area (Å²) >= 11 is 5.79. The molecule has 0 aliphatic heterocycles. The summed E-state index contributed by atoms with van der Waals surface area (Å²) < 4.78 is 0. The van der Waals surface area contributed by atoms with Crippen LogP contribution in [0.2, 0.25) is 5.02 Å². The fourth-order valence-corrected chi connectivity index (χ4v) is 2.04. The van der Waals surface area contributed by atoms with E-state index in [0.29, 0.717) is 11.3 Å². The third kappa shape index (κ3) is 3.48. The van der Waals surface area contributed by atoms with Crippen LogP contribution in [0.1, 0.15) is 27.6 Å². The molecule has 7 heteroatoms. The second-order valence-electron chi connectivity index (χ2n) is 4.51. The number of halogens is 1. The number of rotatable bonds is 4. The Labute approximate surface area is 130 Å². The van der Waals surface area contributed by atoms with Gasteiger partial charge in [0.1, 0.15) is 5.56 Å². The van der Waals surface area contributed by atoms with E-state index in [-0.39, 0.29) is 22.1 Å². The number of hydrogen-bond acceptors (Lipinski definition) is 4. The molecule has 0 fully saturated rings. The average molecular weight is 319 g/mol. The highest BCUT2D eigenvalue weighted by molar-refractivity contribution is 6.31. The van der Waals surface area contributed by atoms with Gasteiger partial charge in [-0.25, -0.2) is 0 Å². The van der Waals surface area contributed by atoms with Gasteiger partial charge in [0.05, 0.1) is 4.92 Å². The number of ketones is 1. The minimum Gasteiger partial charge on any atom is -0.322 e. The van der Waals surface area contributed by atoms with Crippen molar-refractivity contribution < 1.29 is 14.5 Å². The molecule has 0 aliphatic carbocycles. The van der Waals surface area contributed by atoms with E-state index in [0.717, 1.165) is 0 Å². The van der Waals surface area contributed by atoms with Gasteiger partial charge in [-0.1, -0.05) is 23.7 Å². The first-order valence-corrected chi connectivity index (χ1v) is 6.62. The maximum atomic E-state index is 12.2. The van der Waals surface area contributed by atoms with E-state index < -0.39 is 10.8 Å². The first-order valence-electron chi connectivity index (χ1n) is 6.25. The highest BCUT2D eigenvalue weighted by Crippen LogP contribution is 2.24. The summed E-state index contributed by atoms with van der Waals surface area (Å²) in [5.74, 6) is -0.820. The molecule has 22 heavy (non-hydrogen) atoms. The number of carbonyl (C=O) groups is 2. The van der Waals surface area contributed by atoms with Crippen molar-refractivity contribution in [3.8, 4) is 0 Å². The summed E-state index contributed by atoms with van der Waals surface area (Å²) in [7, 11) is 0. The second kappa shape index (κ2) is 6.36. The number of hydrogen-bond donors (Lipinski definition) is 1.